The van der Waals surface area contributed by atoms with Crippen LogP contribution in [0, 0.1) is 5.41 Å². The maximum atomic E-state index is 13.6. The molecule has 0 radical (unpaired) electrons. The van der Waals surface area contributed by atoms with Crippen LogP contribution in [0.25, 0.3) is 0 Å². The Morgan fingerprint density at radius 3 is 2.05 bits per heavy atom. The Morgan fingerprint density at radius 1 is 0.947 bits per heavy atom. The van der Waals surface area contributed by atoms with Gasteiger partial charge in [-0.2, -0.15) is 0 Å². The van der Waals surface area contributed by atoms with Crippen LogP contribution < -0.4 is 0 Å². The molecule has 0 spiro atoms. The van der Waals surface area contributed by atoms with E-state index in [0.29, 0.717) is 5.41 Å². The van der Waals surface area contributed by atoms with E-state index in [1.807, 2.05) is 0 Å². The van der Waals surface area contributed by atoms with Crippen molar-refractivity contribution in [3.8, 4) is 0 Å². The Kier molecular flexibility index (Phi) is 6.79. The average molecular weight is 271 g/mol. The van der Waals surface area contributed by atoms with Crippen LogP contribution in [0.1, 0.15) is 79.1 Å². The number of likely N-dealkylation sites (tertiary alicyclic amines) is 1. The van der Waals surface area contributed by atoms with Gasteiger partial charge in [-0.25, -0.2) is 4.39 Å². The van der Waals surface area contributed by atoms with Crippen molar-refractivity contribution in [2.75, 3.05) is 19.6 Å². The predicted octanol–water partition coefficient (Wildman–Crippen LogP) is 5.20. The van der Waals surface area contributed by atoms with Crippen molar-refractivity contribution >= 4 is 0 Å². The van der Waals surface area contributed by atoms with Crippen molar-refractivity contribution in [1.82, 2.24) is 4.90 Å². The topological polar surface area (TPSA) is 3.24 Å². The first-order chi connectivity index (χ1) is 8.79. The molecule has 0 saturated carbocycles. The highest BCUT2D eigenvalue weighted by Crippen LogP contribution is 2.26. The van der Waals surface area contributed by atoms with Crippen molar-refractivity contribution in [1.29, 1.82) is 0 Å². The molecule has 1 nitrogen and oxygen atoms in total. The molecule has 0 aromatic heterocycles. The minimum atomic E-state index is -0.899. The summed E-state index contributed by atoms with van der Waals surface area (Å²) in [7, 11) is 0. The van der Waals surface area contributed by atoms with Crippen LogP contribution in [-0.4, -0.2) is 30.2 Å². The second-order valence-electron chi connectivity index (χ2n) is 7.83. The van der Waals surface area contributed by atoms with E-state index in [-0.39, 0.29) is 0 Å². The van der Waals surface area contributed by atoms with E-state index in [2.05, 4.69) is 25.7 Å². The number of nitrogens with zero attached hydrogens (tertiary/aromatic N) is 1. The number of hydrogen-bond acceptors (Lipinski definition) is 1. The van der Waals surface area contributed by atoms with Gasteiger partial charge in [-0.3, -0.25) is 0 Å². The van der Waals surface area contributed by atoms with Gasteiger partial charge in [0.2, 0.25) is 0 Å². The van der Waals surface area contributed by atoms with E-state index in [0.717, 1.165) is 25.9 Å². The van der Waals surface area contributed by atoms with Crippen molar-refractivity contribution in [3.63, 3.8) is 0 Å². The molecule has 1 heterocycles. The molecule has 1 rings (SSSR count). The monoisotopic (exact) mass is 271 g/mol. The van der Waals surface area contributed by atoms with E-state index in [1.165, 1.54) is 45.1 Å². The zero-order valence-electron chi connectivity index (χ0n) is 13.6. The van der Waals surface area contributed by atoms with Gasteiger partial charge >= 0.3 is 0 Å². The molecular formula is C17H34FN. The summed E-state index contributed by atoms with van der Waals surface area (Å²) in [6.07, 6.45) is 9.52. The van der Waals surface area contributed by atoms with Gasteiger partial charge in [-0.15, -0.1) is 0 Å². The summed E-state index contributed by atoms with van der Waals surface area (Å²) in [5.74, 6) is 0. The van der Waals surface area contributed by atoms with Crippen LogP contribution in [-0.2, 0) is 0 Å². The molecule has 0 aliphatic carbocycles. The van der Waals surface area contributed by atoms with Crippen LogP contribution in [0.5, 0.6) is 0 Å². The quantitative estimate of drug-likeness (QED) is 0.575. The molecule has 2 heteroatoms. The fourth-order valence-electron chi connectivity index (χ4n) is 2.76. The van der Waals surface area contributed by atoms with E-state index in [1.54, 1.807) is 6.92 Å². The van der Waals surface area contributed by atoms with Gasteiger partial charge in [0.25, 0.3) is 0 Å². The number of unbranched alkanes of at least 4 members (excludes halogenated alkanes) is 4. The smallest absolute Gasteiger partial charge is 0.110 e. The molecule has 1 saturated heterocycles. The average Bonchev–Trinajstić information content (AvgIpc) is 2.28. The first kappa shape index (κ1) is 16.9. The molecule has 0 amide bonds. The SMILES string of the molecule is CC(C)(C)CCCCCCCN1CCC(C)(F)CC1. The van der Waals surface area contributed by atoms with Gasteiger partial charge < -0.3 is 4.90 Å². The van der Waals surface area contributed by atoms with E-state index >= 15 is 0 Å². The lowest BCUT2D eigenvalue weighted by Gasteiger charge is -2.34. The fourth-order valence-corrected chi connectivity index (χ4v) is 2.76. The van der Waals surface area contributed by atoms with Gasteiger partial charge in [-0.05, 0) is 44.6 Å². The van der Waals surface area contributed by atoms with Gasteiger partial charge in [0.05, 0.1) is 0 Å². The predicted molar refractivity (Wildman–Crippen MR) is 82.3 cm³/mol. The summed E-state index contributed by atoms with van der Waals surface area (Å²) >= 11 is 0. The van der Waals surface area contributed by atoms with Crippen molar-refractivity contribution < 1.29 is 4.39 Å². The molecule has 114 valence electrons. The molecule has 1 aliphatic heterocycles. The summed E-state index contributed by atoms with van der Waals surface area (Å²) in [5, 5.41) is 0. The lowest BCUT2D eigenvalue weighted by molar-refractivity contribution is 0.0732. The second kappa shape index (κ2) is 7.61. The summed E-state index contributed by atoms with van der Waals surface area (Å²) < 4.78 is 13.6. The number of alkyl halides is 1. The second-order valence-corrected chi connectivity index (χ2v) is 7.83. The minimum absolute atomic E-state index is 0.493. The number of piperidine rings is 1. The standard InChI is InChI=1S/C17H34FN/c1-16(2,3)10-8-6-5-7-9-13-19-14-11-17(4,18)12-15-19/h5-15H2,1-4H3. The van der Waals surface area contributed by atoms with E-state index in [4.69, 9.17) is 0 Å². The maximum absolute atomic E-state index is 13.6. The zero-order valence-corrected chi connectivity index (χ0v) is 13.6. The van der Waals surface area contributed by atoms with Gasteiger partial charge in [0.1, 0.15) is 5.67 Å². The number of hydrogen-bond donors (Lipinski definition) is 0. The van der Waals surface area contributed by atoms with Crippen LogP contribution in [0.2, 0.25) is 0 Å². The Hall–Kier alpha value is -0.110. The minimum Gasteiger partial charge on any atom is -0.303 e. The lowest BCUT2D eigenvalue weighted by atomic mass is 9.89. The highest BCUT2D eigenvalue weighted by Gasteiger charge is 2.28. The maximum Gasteiger partial charge on any atom is 0.110 e. The summed E-state index contributed by atoms with van der Waals surface area (Å²) in [5.41, 5.74) is -0.406. The van der Waals surface area contributed by atoms with Gasteiger partial charge in [0, 0.05) is 13.1 Å². The molecule has 0 N–H and O–H groups in total. The first-order valence-electron chi connectivity index (χ1n) is 8.20. The Labute approximate surface area is 119 Å². The molecule has 0 unspecified atom stereocenters. The van der Waals surface area contributed by atoms with E-state index in [9.17, 15) is 4.39 Å². The molecule has 0 bridgehead atoms. The summed E-state index contributed by atoms with van der Waals surface area (Å²) in [4.78, 5) is 2.44. The highest BCUT2D eigenvalue weighted by atomic mass is 19.1. The van der Waals surface area contributed by atoms with Crippen LogP contribution in [0.4, 0.5) is 4.39 Å². The summed E-state index contributed by atoms with van der Waals surface area (Å²) in [6, 6.07) is 0. The third-order valence-corrected chi connectivity index (χ3v) is 4.30. The van der Waals surface area contributed by atoms with Gasteiger partial charge in [-0.1, -0.05) is 46.5 Å². The van der Waals surface area contributed by atoms with Crippen LogP contribution in [0.15, 0.2) is 0 Å². The molecule has 1 fully saturated rings. The lowest BCUT2D eigenvalue weighted by Crippen LogP contribution is -2.40. The fraction of sp³-hybridized carbons (Fsp3) is 1.00. The van der Waals surface area contributed by atoms with Crippen LogP contribution in [0.3, 0.4) is 0 Å². The third kappa shape index (κ3) is 8.62. The molecule has 0 aromatic carbocycles. The zero-order chi connectivity index (χ0) is 14.4. The molecular weight excluding hydrogens is 237 g/mol. The normalized spacial score (nSPS) is 20.7. The molecule has 0 aromatic rings. The van der Waals surface area contributed by atoms with Crippen LogP contribution >= 0.6 is 0 Å². The molecule has 19 heavy (non-hydrogen) atoms. The number of rotatable bonds is 7. The first-order valence-corrected chi connectivity index (χ1v) is 8.20. The van der Waals surface area contributed by atoms with Crippen molar-refractivity contribution in [2.45, 2.75) is 84.7 Å². The Bertz CT molecular complexity index is 232. The molecule has 1 aliphatic rings. The largest absolute Gasteiger partial charge is 0.303 e. The third-order valence-electron chi connectivity index (χ3n) is 4.30. The summed E-state index contributed by atoms with van der Waals surface area (Å²) in [6.45, 7) is 11.8. The van der Waals surface area contributed by atoms with E-state index < -0.39 is 5.67 Å². The van der Waals surface area contributed by atoms with Crippen molar-refractivity contribution in [3.05, 3.63) is 0 Å². The Balaban J connectivity index is 1.92. The number of halogens is 1. The highest BCUT2D eigenvalue weighted by molar-refractivity contribution is 4.81. The molecule has 0 atom stereocenters. The van der Waals surface area contributed by atoms with Crippen molar-refractivity contribution in [2.24, 2.45) is 5.41 Å². The van der Waals surface area contributed by atoms with Gasteiger partial charge in [0.15, 0.2) is 0 Å². The Morgan fingerprint density at radius 2 is 1.47 bits per heavy atom.